The van der Waals surface area contributed by atoms with Gasteiger partial charge in [0.1, 0.15) is 4.90 Å². The zero-order valence-corrected chi connectivity index (χ0v) is 12.2. The molecular formula is C10H9FN4O4S2. The van der Waals surface area contributed by atoms with E-state index in [2.05, 4.69) is 15.0 Å². The van der Waals surface area contributed by atoms with Gasteiger partial charge in [-0.1, -0.05) is 0 Å². The van der Waals surface area contributed by atoms with Gasteiger partial charge < -0.3 is 5.32 Å². The minimum Gasteiger partial charge on any atom is -0.387 e. The summed E-state index contributed by atoms with van der Waals surface area (Å²) in [4.78, 5) is 12.9. The first kappa shape index (κ1) is 15.1. The first-order valence-corrected chi connectivity index (χ1v) is 7.79. The Hall–Kier alpha value is -2.27. The number of anilines is 2. The fourth-order valence-corrected chi connectivity index (χ4v) is 3.63. The van der Waals surface area contributed by atoms with Crippen molar-refractivity contribution in [3.8, 4) is 0 Å². The van der Waals surface area contributed by atoms with Crippen molar-refractivity contribution < 1.29 is 17.7 Å². The number of rotatable bonds is 5. The van der Waals surface area contributed by atoms with Crippen LogP contribution in [0.1, 0.15) is 0 Å². The molecule has 1 aromatic carbocycles. The molecule has 0 aliphatic carbocycles. The van der Waals surface area contributed by atoms with E-state index >= 15 is 0 Å². The van der Waals surface area contributed by atoms with Crippen molar-refractivity contribution in [2.24, 2.45) is 0 Å². The Balaban J connectivity index is 2.54. The summed E-state index contributed by atoms with van der Waals surface area (Å²) in [6.45, 7) is 0. The van der Waals surface area contributed by atoms with E-state index in [0.717, 1.165) is 17.4 Å². The number of thiazole rings is 1. The summed E-state index contributed by atoms with van der Waals surface area (Å²) >= 11 is 1.02. The van der Waals surface area contributed by atoms with Crippen molar-refractivity contribution in [2.45, 2.75) is 4.90 Å². The number of nitro groups is 1. The van der Waals surface area contributed by atoms with Gasteiger partial charge in [0.15, 0.2) is 10.9 Å². The van der Waals surface area contributed by atoms with Crippen LogP contribution in [-0.4, -0.2) is 25.4 Å². The van der Waals surface area contributed by atoms with Crippen LogP contribution >= 0.6 is 11.3 Å². The predicted octanol–water partition coefficient (Wildman–Crippen LogP) is 2.03. The first-order chi connectivity index (χ1) is 9.85. The van der Waals surface area contributed by atoms with E-state index in [4.69, 9.17) is 0 Å². The summed E-state index contributed by atoms with van der Waals surface area (Å²) < 4.78 is 40.5. The SMILES string of the molecule is CNc1cc([N+](=O)[O-])cc(F)c1S(=O)(=O)Nc1nccs1. The Labute approximate surface area is 122 Å². The predicted molar refractivity (Wildman–Crippen MR) is 75.5 cm³/mol. The van der Waals surface area contributed by atoms with E-state index in [-0.39, 0.29) is 10.8 Å². The van der Waals surface area contributed by atoms with Crippen molar-refractivity contribution in [2.75, 3.05) is 17.1 Å². The molecule has 2 rings (SSSR count). The van der Waals surface area contributed by atoms with E-state index in [1.54, 1.807) is 5.38 Å². The van der Waals surface area contributed by atoms with Crippen molar-refractivity contribution >= 4 is 37.9 Å². The van der Waals surface area contributed by atoms with E-state index in [0.29, 0.717) is 6.07 Å². The summed E-state index contributed by atoms with van der Waals surface area (Å²) in [5.74, 6) is -1.22. The van der Waals surface area contributed by atoms with Crippen molar-refractivity contribution in [3.63, 3.8) is 0 Å². The van der Waals surface area contributed by atoms with Crippen LogP contribution in [0.2, 0.25) is 0 Å². The molecule has 0 fully saturated rings. The van der Waals surface area contributed by atoms with Gasteiger partial charge in [0.05, 0.1) is 16.7 Å². The molecule has 2 aromatic rings. The molecule has 1 aromatic heterocycles. The van der Waals surface area contributed by atoms with Crippen LogP contribution in [0, 0.1) is 15.9 Å². The number of halogens is 1. The first-order valence-electron chi connectivity index (χ1n) is 5.43. The summed E-state index contributed by atoms with van der Waals surface area (Å²) in [6, 6.07) is 1.50. The molecule has 0 unspecified atom stereocenters. The minimum absolute atomic E-state index is 0.0646. The monoisotopic (exact) mass is 332 g/mol. The number of non-ortho nitro benzene ring substituents is 1. The molecule has 0 radical (unpaired) electrons. The van der Waals surface area contributed by atoms with Crippen LogP contribution in [0.4, 0.5) is 20.9 Å². The molecule has 8 nitrogen and oxygen atoms in total. The highest BCUT2D eigenvalue weighted by molar-refractivity contribution is 7.93. The van der Waals surface area contributed by atoms with Gasteiger partial charge in [-0.05, 0) is 0 Å². The number of sulfonamides is 1. The molecule has 0 amide bonds. The fraction of sp³-hybridized carbons (Fsp3) is 0.100. The molecule has 11 heteroatoms. The summed E-state index contributed by atoms with van der Waals surface area (Å²) in [5.41, 5.74) is -0.768. The van der Waals surface area contributed by atoms with Gasteiger partial charge >= 0.3 is 0 Å². The maximum atomic E-state index is 14.0. The quantitative estimate of drug-likeness (QED) is 0.639. The molecule has 0 atom stereocenters. The lowest BCUT2D eigenvalue weighted by atomic mass is 10.2. The van der Waals surface area contributed by atoms with Gasteiger partial charge in [0, 0.05) is 24.7 Å². The van der Waals surface area contributed by atoms with E-state index in [1.807, 2.05) is 0 Å². The molecular weight excluding hydrogens is 323 g/mol. The van der Waals surface area contributed by atoms with Crippen LogP contribution < -0.4 is 10.0 Å². The summed E-state index contributed by atoms with van der Waals surface area (Å²) in [7, 11) is -2.93. The van der Waals surface area contributed by atoms with Gasteiger partial charge in [0.25, 0.3) is 15.7 Å². The average Bonchev–Trinajstić information content (AvgIpc) is 2.89. The third-order valence-corrected chi connectivity index (χ3v) is 4.66. The number of nitro benzene ring substituents is 1. The second-order valence-electron chi connectivity index (χ2n) is 3.75. The Kier molecular flexibility index (Phi) is 4.04. The fourth-order valence-electron chi connectivity index (χ4n) is 1.58. The maximum Gasteiger partial charge on any atom is 0.274 e. The smallest absolute Gasteiger partial charge is 0.274 e. The molecule has 0 spiro atoms. The highest BCUT2D eigenvalue weighted by Gasteiger charge is 2.27. The Morgan fingerprint density at radius 2 is 2.14 bits per heavy atom. The number of hydrogen-bond donors (Lipinski definition) is 2. The number of nitrogens with one attached hydrogen (secondary N) is 2. The van der Waals surface area contributed by atoms with Gasteiger partial charge in [-0.3, -0.25) is 14.8 Å². The maximum absolute atomic E-state index is 14.0. The molecule has 0 aliphatic rings. The van der Waals surface area contributed by atoms with Crippen molar-refractivity contribution in [1.82, 2.24) is 4.98 Å². The largest absolute Gasteiger partial charge is 0.387 e. The van der Waals surface area contributed by atoms with Crippen LogP contribution in [0.5, 0.6) is 0 Å². The van der Waals surface area contributed by atoms with E-state index in [9.17, 15) is 22.9 Å². The standard InChI is InChI=1S/C10H9FN4O4S2/c1-12-8-5-6(15(16)17)4-7(11)9(8)21(18,19)14-10-13-2-3-20-10/h2-5,12H,1H3,(H,13,14). The second kappa shape index (κ2) is 5.61. The Morgan fingerprint density at radius 3 is 2.67 bits per heavy atom. The zero-order valence-electron chi connectivity index (χ0n) is 10.5. The number of hydrogen-bond acceptors (Lipinski definition) is 7. The van der Waals surface area contributed by atoms with Gasteiger partial charge in [-0.25, -0.2) is 17.8 Å². The molecule has 0 saturated heterocycles. The lowest BCUT2D eigenvalue weighted by Crippen LogP contribution is -2.16. The second-order valence-corrected chi connectivity index (χ2v) is 6.27. The third-order valence-electron chi connectivity index (χ3n) is 2.43. The third kappa shape index (κ3) is 3.08. The molecule has 112 valence electrons. The van der Waals surface area contributed by atoms with Gasteiger partial charge in [-0.2, -0.15) is 0 Å². The van der Waals surface area contributed by atoms with Gasteiger partial charge in [-0.15, -0.1) is 11.3 Å². The van der Waals surface area contributed by atoms with Crippen LogP contribution in [0.3, 0.4) is 0 Å². The Bertz CT molecular complexity index is 777. The normalized spacial score (nSPS) is 11.1. The molecule has 1 heterocycles. The molecule has 0 bridgehead atoms. The Morgan fingerprint density at radius 1 is 1.43 bits per heavy atom. The molecule has 0 saturated carbocycles. The highest BCUT2D eigenvalue weighted by atomic mass is 32.2. The average molecular weight is 332 g/mol. The van der Waals surface area contributed by atoms with E-state index < -0.39 is 31.3 Å². The van der Waals surface area contributed by atoms with Crippen molar-refractivity contribution in [1.29, 1.82) is 0 Å². The summed E-state index contributed by atoms with van der Waals surface area (Å²) in [6.07, 6.45) is 1.38. The number of benzene rings is 1. The van der Waals surface area contributed by atoms with Crippen LogP contribution in [0.25, 0.3) is 0 Å². The topological polar surface area (TPSA) is 114 Å². The number of aromatic nitrogens is 1. The number of nitrogens with zero attached hydrogens (tertiary/aromatic N) is 2. The molecule has 0 aliphatic heterocycles. The zero-order chi connectivity index (χ0) is 15.6. The lowest BCUT2D eigenvalue weighted by Gasteiger charge is -2.11. The van der Waals surface area contributed by atoms with Crippen molar-refractivity contribution in [3.05, 3.63) is 39.6 Å². The van der Waals surface area contributed by atoms with Crippen LogP contribution in [-0.2, 0) is 10.0 Å². The van der Waals surface area contributed by atoms with Gasteiger partial charge in [0.2, 0.25) is 0 Å². The summed E-state index contributed by atoms with van der Waals surface area (Å²) in [5, 5.41) is 14.7. The van der Waals surface area contributed by atoms with Crippen LogP contribution in [0.15, 0.2) is 28.6 Å². The molecule has 21 heavy (non-hydrogen) atoms. The minimum atomic E-state index is -4.26. The lowest BCUT2D eigenvalue weighted by molar-refractivity contribution is -0.385. The van der Waals surface area contributed by atoms with E-state index in [1.165, 1.54) is 13.2 Å². The highest BCUT2D eigenvalue weighted by Crippen LogP contribution is 2.31. The molecule has 2 N–H and O–H groups in total.